The Bertz CT molecular complexity index is 5450. The van der Waals surface area contributed by atoms with Crippen LogP contribution in [-0.4, -0.2) is 186 Å². The Hall–Kier alpha value is -12.0. The van der Waals surface area contributed by atoms with Crippen molar-refractivity contribution in [2.75, 3.05) is 106 Å². The molecular weight excluding hydrogens is 1480 g/mol. The van der Waals surface area contributed by atoms with E-state index in [4.69, 9.17) is 49.1 Å². The first-order chi connectivity index (χ1) is 57.1. The smallest absolute Gasteiger partial charge is 0.248 e. The van der Waals surface area contributed by atoms with Crippen molar-refractivity contribution < 1.29 is 62.9 Å². The van der Waals surface area contributed by atoms with Crippen LogP contribution in [0.5, 0.6) is 34.5 Å². The first kappa shape index (κ1) is 84.4. The zero-order valence-corrected chi connectivity index (χ0v) is 67.4. The van der Waals surface area contributed by atoms with Gasteiger partial charge in [0.2, 0.25) is 11.8 Å². The van der Waals surface area contributed by atoms with Gasteiger partial charge in [-0.25, -0.2) is 0 Å². The van der Waals surface area contributed by atoms with Gasteiger partial charge in [0.25, 0.3) is 0 Å². The number of rotatable bonds is 20. The van der Waals surface area contributed by atoms with E-state index in [1.165, 1.54) is 22.1 Å². The molecule has 17 rings (SSSR count). The van der Waals surface area contributed by atoms with Gasteiger partial charge < -0.3 is 78.3 Å². The Morgan fingerprint density at radius 1 is 0.564 bits per heavy atom. The quantitative estimate of drug-likeness (QED) is 0.0407. The number of benzene rings is 7. The van der Waals surface area contributed by atoms with Crippen LogP contribution in [-0.2, 0) is 57.6 Å². The summed E-state index contributed by atoms with van der Waals surface area (Å²) in [4.78, 5) is 62.7. The van der Waals surface area contributed by atoms with Crippen molar-refractivity contribution in [2.45, 2.75) is 95.5 Å². The third kappa shape index (κ3) is 20.8. The number of piperidine rings is 2. The summed E-state index contributed by atoms with van der Waals surface area (Å²) in [5.74, 6) is 3.92. The SMILES string of the molecule is C=CCc1c(OC)ccc2ncccc12.COc1ccc2c(c1CCN1CCC(n3ccc4ccc(C(N)=O)cc43)CC1)CCCN2C(C)=O.COc1ccc2ncccc2c1CC(O)CO.COc1ccc2ncccc2c1CC=O.COc1ccc2ncccc2c1CCN1CCC2(CC1)OCCO2.Oc1ccc2ncccc2c1. The number of aldehydes is 1. The zero-order chi connectivity index (χ0) is 82.2. The molecule has 0 aliphatic carbocycles. The Labute approximate surface area is 682 Å². The summed E-state index contributed by atoms with van der Waals surface area (Å²) < 4.78 is 41.1. The average molecular weight is 1580 g/mol. The summed E-state index contributed by atoms with van der Waals surface area (Å²) >= 11 is 0. The zero-order valence-electron chi connectivity index (χ0n) is 67.4. The van der Waals surface area contributed by atoms with E-state index < -0.39 is 6.10 Å². The lowest BCUT2D eigenvalue weighted by Crippen LogP contribution is -2.45. The van der Waals surface area contributed by atoms with Gasteiger partial charge in [-0.1, -0.05) is 42.5 Å². The Morgan fingerprint density at radius 3 is 1.57 bits per heavy atom. The first-order valence-electron chi connectivity index (χ1n) is 39.7. The number of aliphatic hydroxyl groups is 2. The monoisotopic (exact) mass is 1580 g/mol. The molecule has 1 spiro atoms. The highest BCUT2D eigenvalue weighted by Gasteiger charge is 2.40. The molecule has 2 amide bonds. The number of likely N-dealkylation sites (tertiary alicyclic amines) is 2. The Balaban J connectivity index is 0.000000135. The maximum atomic E-state index is 12.2. The molecule has 0 bridgehead atoms. The highest BCUT2D eigenvalue weighted by atomic mass is 16.7. The molecule has 6 aromatic heterocycles. The molecular formula is C94H104N10O13. The predicted molar refractivity (Wildman–Crippen MR) is 459 cm³/mol. The summed E-state index contributed by atoms with van der Waals surface area (Å²) in [6.07, 6.45) is 22.3. The second kappa shape index (κ2) is 41.0. The van der Waals surface area contributed by atoms with E-state index in [9.17, 15) is 19.5 Å². The largest absolute Gasteiger partial charge is 0.508 e. The average Bonchev–Trinajstić information content (AvgIpc) is 1.63. The van der Waals surface area contributed by atoms with Crippen LogP contribution in [0.3, 0.4) is 0 Å². The van der Waals surface area contributed by atoms with E-state index in [1.807, 2.05) is 139 Å². The van der Waals surface area contributed by atoms with Gasteiger partial charge in [-0.15, -0.1) is 6.58 Å². The molecule has 1 atom stereocenters. The van der Waals surface area contributed by atoms with Crippen LogP contribution in [0, 0.1) is 0 Å². The second-order valence-corrected chi connectivity index (χ2v) is 29.0. The van der Waals surface area contributed by atoms with Crippen LogP contribution in [0.2, 0.25) is 0 Å². The van der Waals surface area contributed by atoms with E-state index in [0.717, 1.165) is 229 Å². The Morgan fingerprint density at radius 2 is 1.04 bits per heavy atom. The fourth-order valence-electron chi connectivity index (χ4n) is 16.0. The number of fused-ring (bicyclic) bond motifs is 7. The standard InChI is InChI=1S/C28H34N4O3.C19H24N2O3.C13H15NO3.C13H13NO.C12H11NO2.C9H7NO/c1-19(33)31-13-3-4-23-24(27(35-2)8-7-25(23)31)12-16-30-14-10-22(11-15-30)32-17-9-20-5-6-21(28(29)34)18-26(20)32;1-22-18-5-4-17-15(3-2-9-20-17)16(18)6-10-21-11-7-19(8-12-21)23-13-14-24-19;1-17-13-5-4-12-10(3-2-6-14-12)11(13)7-9(16)8-15;1-3-5-11-10-6-4-9-14-12(10)7-8-13(11)15-2;1-15-12-5-4-11-9(3-2-7-13-11)10(12)6-8-14;11-8-3-4-9-7(6-8)2-1-5-10-9/h5-9,17-18,22H,3-4,10-16H2,1-2H3,(H2,29,34);2-5,9H,6-8,10-14H2,1H3;2-6,9,15-16H,7-8H2,1H3;3-4,6-9H,1,5H2,2H3;2-5,7-8H,6H2,1H3;1-6,11H. The first-order valence-corrected chi connectivity index (χ1v) is 39.7. The van der Waals surface area contributed by atoms with Gasteiger partial charge in [0.05, 0.1) is 89.1 Å². The number of nitrogens with two attached hydrogens (primary N) is 1. The fourth-order valence-corrected chi connectivity index (χ4v) is 16.0. The van der Waals surface area contributed by atoms with Crippen LogP contribution in [0.25, 0.3) is 65.4 Å². The topological polar surface area (TPSA) is 282 Å². The summed E-state index contributed by atoms with van der Waals surface area (Å²) in [6.45, 7) is 13.5. The highest BCUT2D eigenvalue weighted by Crippen LogP contribution is 2.39. The van der Waals surface area contributed by atoms with Crippen LogP contribution in [0.1, 0.15) is 88.8 Å². The molecule has 1 unspecified atom stereocenters. The van der Waals surface area contributed by atoms with E-state index in [2.05, 4.69) is 70.3 Å². The lowest BCUT2D eigenvalue weighted by molar-refractivity contribution is -0.185. The summed E-state index contributed by atoms with van der Waals surface area (Å²) in [5, 5.41) is 33.9. The lowest BCUT2D eigenvalue weighted by Gasteiger charge is -2.37. The normalized spacial score (nSPS) is 14.7. The molecule has 10 heterocycles. The number of phenols is 1. The molecule has 23 heteroatoms. The van der Waals surface area contributed by atoms with Gasteiger partial charge in [-0.2, -0.15) is 0 Å². The van der Waals surface area contributed by atoms with Gasteiger partial charge >= 0.3 is 0 Å². The third-order valence-electron chi connectivity index (χ3n) is 22.0. The molecule has 5 N–H and O–H groups in total. The summed E-state index contributed by atoms with van der Waals surface area (Å²) in [5.41, 5.74) is 19.5. The number of ether oxygens (including phenoxy) is 7. The number of aromatic hydroxyl groups is 1. The fraction of sp³-hybridized carbons (Fsp3) is 0.319. The number of hydrogen-bond acceptors (Lipinski definition) is 20. The van der Waals surface area contributed by atoms with Crippen molar-refractivity contribution in [2.24, 2.45) is 5.73 Å². The van der Waals surface area contributed by atoms with Crippen molar-refractivity contribution in [1.82, 2.24) is 39.3 Å². The summed E-state index contributed by atoms with van der Waals surface area (Å²) in [6, 6.07) is 52.3. The molecule has 3 fully saturated rings. The number of aliphatic hydroxyl groups excluding tert-OH is 2. The number of anilines is 1. The van der Waals surface area contributed by atoms with Crippen molar-refractivity contribution in [3.8, 4) is 34.5 Å². The minimum Gasteiger partial charge on any atom is -0.508 e. The van der Waals surface area contributed by atoms with Crippen molar-refractivity contribution in [3.05, 3.63) is 253 Å². The number of carbonyl (C=O) groups excluding carboxylic acids is 3. The molecule has 4 aliphatic rings. The molecule has 117 heavy (non-hydrogen) atoms. The number of phenolic OH excluding ortho intramolecular Hbond substituents is 1. The highest BCUT2D eigenvalue weighted by molar-refractivity contribution is 5.97. The third-order valence-corrected chi connectivity index (χ3v) is 22.0. The molecule has 4 aliphatic heterocycles. The number of methoxy groups -OCH3 is 5. The molecule has 23 nitrogen and oxygen atoms in total. The van der Waals surface area contributed by atoms with Gasteiger partial charge in [0.1, 0.15) is 40.8 Å². The van der Waals surface area contributed by atoms with Crippen LogP contribution < -0.4 is 34.3 Å². The van der Waals surface area contributed by atoms with E-state index in [-0.39, 0.29) is 30.0 Å². The van der Waals surface area contributed by atoms with Crippen LogP contribution >= 0.6 is 0 Å². The van der Waals surface area contributed by atoms with Gasteiger partial charge in [-0.05, 0) is 183 Å². The number of allylic oxidation sites excluding steroid dienone is 1. The number of carbonyl (C=O) groups is 3. The van der Waals surface area contributed by atoms with E-state index in [0.29, 0.717) is 30.2 Å². The van der Waals surface area contributed by atoms with E-state index >= 15 is 0 Å². The second-order valence-electron chi connectivity index (χ2n) is 29.0. The number of nitrogens with zero attached hydrogens (tertiary/aromatic N) is 9. The molecule has 0 saturated carbocycles. The van der Waals surface area contributed by atoms with Gasteiger partial charge in [0, 0.05) is 193 Å². The molecule has 13 aromatic rings. The Kier molecular flexibility index (Phi) is 29.6. The molecule has 0 radical (unpaired) electrons. The minimum absolute atomic E-state index is 0.102. The van der Waals surface area contributed by atoms with Crippen molar-refractivity contribution >= 4 is 89.2 Å². The maximum absolute atomic E-state index is 12.2. The van der Waals surface area contributed by atoms with Crippen LogP contribution in [0.4, 0.5) is 5.69 Å². The molecule has 608 valence electrons. The van der Waals surface area contributed by atoms with Gasteiger partial charge in [0.15, 0.2) is 5.79 Å². The molecule has 3 saturated heterocycles. The number of primary amides is 1. The number of pyridine rings is 5. The van der Waals surface area contributed by atoms with Crippen molar-refractivity contribution in [1.29, 1.82) is 0 Å². The lowest BCUT2D eigenvalue weighted by atomic mass is 9.93. The van der Waals surface area contributed by atoms with Gasteiger partial charge in [-0.3, -0.25) is 34.5 Å². The van der Waals surface area contributed by atoms with E-state index in [1.54, 1.807) is 91.5 Å². The molecule has 7 aromatic carbocycles. The van der Waals surface area contributed by atoms with Crippen LogP contribution in [0.15, 0.2) is 214 Å². The number of aromatic nitrogens is 6. The summed E-state index contributed by atoms with van der Waals surface area (Å²) in [7, 11) is 8.34. The maximum Gasteiger partial charge on any atom is 0.248 e. The number of hydrogen-bond donors (Lipinski definition) is 4. The predicted octanol–water partition coefficient (Wildman–Crippen LogP) is 14.6. The number of amides is 2. The van der Waals surface area contributed by atoms with Crippen molar-refractivity contribution in [3.63, 3.8) is 0 Å². The minimum atomic E-state index is -0.783.